The van der Waals surface area contributed by atoms with Crippen LogP contribution in [0, 0.1) is 10.1 Å². The predicted octanol–water partition coefficient (Wildman–Crippen LogP) is 1.78. The Hall–Kier alpha value is -0.460. The lowest BCUT2D eigenvalue weighted by Gasteiger charge is -2.08. The Morgan fingerprint density at radius 2 is 2.42 bits per heavy atom. The van der Waals surface area contributed by atoms with Crippen LogP contribution in [0.2, 0.25) is 0 Å². The number of rotatable bonds is 3. The van der Waals surface area contributed by atoms with Crippen molar-refractivity contribution in [3.8, 4) is 0 Å². The van der Waals surface area contributed by atoms with E-state index in [1.165, 1.54) is 11.3 Å². The van der Waals surface area contributed by atoms with Crippen molar-refractivity contribution in [3.63, 3.8) is 0 Å². The number of aliphatic hydroxyl groups is 1. The summed E-state index contributed by atoms with van der Waals surface area (Å²) in [5, 5.41) is 23.0. The summed E-state index contributed by atoms with van der Waals surface area (Å²) in [6.07, 6.45) is -1.08. The quantitative estimate of drug-likeness (QED) is 0.386. The van der Waals surface area contributed by atoms with E-state index in [9.17, 15) is 15.2 Å². The first-order valence-electron chi connectivity index (χ1n) is 3.10. The highest BCUT2D eigenvalue weighted by Gasteiger charge is 2.27. The van der Waals surface area contributed by atoms with Gasteiger partial charge in [-0.2, -0.15) is 11.3 Å². The molecular formula is C6H6BrNO3S. The minimum atomic E-state index is -1.13. The molecule has 0 unspecified atom stereocenters. The van der Waals surface area contributed by atoms with Gasteiger partial charge in [0, 0.05) is 4.92 Å². The molecule has 0 saturated heterocycles. The van der Waals surface area contributed by atoms with Crippen LogP contribution in [-0.2, 0) is 0 Å². The SMILES string of the molecule is O=[N+]([O-])[C@@H](Br)[C@@H](O)c1ccsc1. The first kappa shape index (κ1) is 9.63. The van der Waals surface area contributed by atoms with E-state index in [2.05, 4.69) is 15.9 Å². The van der Waals surface area contributed by atoms with E-state index >= 15 is 0 Å². The molecule has 0 aliphatic carbocycles. The zero-order valence-corrected chi connectivity index (χ0v) is 8.29. The van der Waals surface area contributed by atoms with Gasteiger partial charge in [0.15, 0.2) is 6.10 Å². The van der Waals surface area contributed by atoms with Gasteiger partial charge >= 0.3 is 0 Å². The van der Waals surface area contributed by atoms with E-state index in [-0.39, 0.29) is 0 Å². The van der Waals surface area contributed by atoms with Crippen LogP contribution < -0.4 is 0 Å². The van der Waals surface area contributed by atoms with Gasteiger partial charge in [0.1, 0.15) is 0 Å². The zero-order chi connectivity index (χ0) is 9.14. The van der Waals surface area contributed by atoms with E-state index in [1.54, 1.807) is 16.8 Å². The molecule has 4 nitrogen and oxygen atoms in total. The number of halogens is 1. The van der Waals surface area contributed by atoms with E-state index in [0.717, 1.165) is 0 Å². The van der Waals surface area contributed by atoms with E-state index in [1.807, 2.05) is 0 Å². The van der Waals surface area contributed by atoms with E-state index < -0.39 is 16.0 Å². The standard InChI is InChI=1S/C6H6BrNO3S/c7-6(8(10)11)5(9)4-1-2-12-3-4/h1-3,5-6,9H/t5-,6+/m0/s1. The first-order valence-corrected chi connectivity index (χ1v) is 4.96. The van der Waals surface area contributed by atoms with Crippen molar-refractivity contribution in [3.05, 3.63) is 32.5 Å². The van der Waals surface area contributed by atoms with Crippen LogP contribution >= 0.6 is 27.3 Å². The number of aliphatic hydroxyl groups excluding tert-OH is 1. The van der Waals surface area contributed by atoms with Crippen LogP contribution in [-0.4, -0.2) is 15.0 Å². The van der Waals surface area contributed by atoms with Gasteiger partial charge in [-0.05, 0) is 38.3 Å². The van der Waals surface area contributed by atoms with Crippen LogP contribution in [0.3, 0.4) is 0 Å². The summed E-state index contributed by atoms with van der Waals surface area (Å²) < 4.78 is 0. The predicted molar refractivity (Wildman–Crippen MR) is 49.0 cm³/mol. The van der Waals surface area contributed by atoms with Gasteiger partial charge in [-0.15, -0.1) is 0 Å². The minimum Gasteiger partial charge on any atom is -0.380 e. The summed E-state index contributed by atoms with van der Waals surface area (Å²) in [5.74, 6) is 0. The summed E-state index contributed by atoms with van der Waals surface area (Å²) in [5.41, 5.74) is 0.568. The molecule has 0 bridgehead atoms. The molecule has 1 aromatic rings. The number of thiophene rings is 1. The number of hydrogen-bond donors (Lipinski definition) is 1. The smallest absolute Gasteiger partial charge is 0.295 e. The van der Waals surface area contributed by atoms with Crippen molar-refractivity contribution < 1.29 is 10.0 Å². The molecular weight excluding hydrogens is 246 g/mol. The molecule has 0 fully saturated rings. The maximum atomic E-state index is 10.2. The molecule has 1 heterocycles. The maximum absolute atomic E-state index is 10.2. The molecule has 1 aromatic heterocycles. The normalized spacial score (nSPS) is 15.5. The van der Waals surface area contributed by atoms with Gasteiger partial charge in [-0.1, -0.05) is 0 Å². The summed E-state index contributed by atoms with van der Waals surface area (Å²) in [6.45, 7) is 0. The molecule has 0 aromatic carbocycles. The van der Waals surface area contributed by atoms with Crippen LogP contribution in [0.25, 0.3) is 0 Å². The fourth-order valence-corrected chi connectivity index (χ4v) is 1.71. The summed E-state index contributed by atoms with van der Waals surface area (Å²) in [7, 11) is 0. The molecule has 1 N–H and O–H groups in total. The fraction of sp³-hybridized carbons (Fsp3) is 0.333. The van der Waals surface area contributed by atoms with Crippen LogP contribution in [0.15, 0.2) is 16.8 Å². The van der Waals surface area contributed by atoms with Crippen LogP contribution in [0.5, 0.6) is 0 Å². The van der Waals surface area contributed by atoms with Gasteiger partial charge < -0.3 is 5.11 Å². The van der Waals surface area contributed by atoms with Crippen molar-refractivity contribution in [2.75, 3.05) is 0 Å². The second-order valence-corrected chi connectivity index (χ2v) is 3.88. The van der Waals surface area contributed by atoms with Crippen molar-refractivity contribution in [1.82, 2.24) is 0 Å². The zero-order valence-electron chi connectivity index (χ0n) is 5.88. The highest BCUT2D eigenvalue weighted by molar-refractivity contribution is 9.09. The number of alkyl halides is 1. The average molecular weight is 252 g/mol. The van der Waals surface area contributed by atoms with Gasteiger partial charge in [-0.25, -0.2) is 0 Å². The van der Waals surface area contributed by atoms with Crippen LogP contribution in [0.1, 0.15) is 11.7 Å². The van der Waals surface area contributed by atoms with Gasteiger partial charge in [0.25, 0.3) is 4.95 Å². The molecule has 0 aliphatic heterocycles. The highest BCUT2D eigenvalue weighted by atomic mass is 79.9. The summed E-state index contributed by atoms with van der Waals surface area (Å²) in [4.78, 5) is 8.54. The van der Waals surface area contributed by atoms with Crippen LogP contribution in [0.4, 0.5) is 0 Å². The molecule has 0 radical (unpaired) electrons. The fourth-order valence-electron chi connectivity index (χ4n) is 0.717. The third-order valence-corrected chi connectivity index (χ3v) is 2.88. The highest BCUT2D eigenvalue weighted by Crippen LogP contribution is 2.24. The Bertz CT molecular complexity index is 264. The lowest BCUT2D eigenvalue weighted by Crippen LogP contribution is -2.20. The second kappa shape index (κ2) is 3.97. The Labute approximate surface area is 81.1 Å². The monoisotopic (exact) mass is 251 g/mol. The third kappa shape index (κ3) is 2.02. The summed E-state index contributed by atoms with van der Waals surface area (Å²) >= 11 is 4.18. The number of hydrogen-bond acceptors (Lipinski definition) is 4. The van der Waals surface area contributed by atoms with Crippen molar-refractivity contribution in [2.24, 2.45) is 0 Å². The summed E-state index contributed by atoms with van der Waals surface area (Å²) in [6, 6.07) is 1.66. The number of nitro groups is 1. The third-order valence-electron chi connectivity index (χ3n) is 1.35. The topological polar surface area (TPSA) is 63.4 Å². The number of nitrogens with zero attached hydrogens (tertiary/aromatic N) is 1. The Balaban J connectivity index is 2.71. The average Bonchev–Trinajstić information content (AvgIpc) is 2.53. The Morgan fingerprint density at radius 3 is 2.83 bits per heavy atom. The largest absolute Gasteiger partial charge is 0.380 e. The molecule has 2 atom stereocenters. The Kier molecular flexibility index (Phi) is 3.19. The minimum absolute atomic E-state index is 0.567. The molecule has 0 spiro atoms. The van der Waals surface area contributed by atoms with Crippen molar-refractivity contribution in [1.29, 1.82) is 0 Å². The van der Waals surface area contributed by atoms with E-state index in [4.69, 9.17) is 0 Å². The maximum Gasteiger partial charge on any atom is 0.295 e. The molecule has 0 amide bonds. The molecule has 6 heteroatoms. The van der Waals surface area contributed by atoms with Crippen molar-refractivity contribution in [2.45, 2.75) is 11.1 Å². The molecule has 0 saturated carbocycles. The Morgan fingerprint density at radius 1 is 1.75 bits per heavy atom. The first-order chi connectivity index (χ1) is 5.63. The molecule has 12 heavy (non-hydrogen) atoms. The second-order valence-electron chi connectivity index (χ2n) is 2.16. The van der Waals surface area contributed by atoms with Gasteiger partial charge in [-0.3, -0.25) is 10.1 Å². The van der Waals surface area contributed by atoms with E-state index in [0.29, 0.717) is 5.56 Å². The van der Waals surface area contributed by atoms with Gasteiger partial charge in [0.2, 0.25) is 0 Å². The lowest BCUT2D eigenvalue weighted by molar-refractivity contribution is -0.505. The van der Waals surface area contributed by atoms with Crippen molar-refractivity contribution >= 4 is 27.3 Å². The molecule has 1 rings (SSSR count). The molecule has 66 valence electrons. The van der Waals surface area contributed by atoms with Gasteiger partial charge in [0.05, 0.1) is 0 Å². The lowest BCUT2D eigenvalue weighted by atomic mass is 10.2. The molecule has 0 aliphatic rings.